The number of sulfonamides is 1. The van der Waals surface area contributed by atoms with Gasteiger partial charge in [-0.25, -0.2) is 8.42 Å². The van der Waals surface area contributed by atoms with E-state index in [1.165, 1.54) is 22.1 Å². The van der Waals surface area contributed by atoms with Gasteiger partial charge in [0, 0.05) is 52.5 Å². The maximum atomic E-state index is 14.9. The Morgan fingerprint density at radius 3 is 2.38 bits per heavy atom. The van der Waals surface area contributed by atoms with Crippen molar-refractivity contribution >= 4 is 27.1 Å². The van der Waals surface area contributed by atoms with E-state index < -0.39 is 32.6 Å². The Morgan fingerprint density at radius 2 is 1.67 bits per heavy atom. The summed E-state index contributed by atoms with van der Waals surface area (Å²) in [6, 6.07) is 8.76. The van der Waals surface area contributed by atoms with E-state index in [-0.39, 0.29) is 51.7 Å². The molecule has 2 aromatic rings. The van der Waals surface area contributed by atoms with Gasteiger partial charge in [0.1, 0.15) is 15.7 Å². The third-order valence-electron chi connectivity index (χ3n) is 15.3. The number of aliphatic hydroxyl groups is 2. The monoisotopic (exact) mass is 749 g/mol. The van der Waals surface area contributed by atoms with Crippen molar-refractivity contribution in [3.63, 3.8) is 0 Å². The molecule has 0 saturated heterocycles. The lowest BCUT2D eigenvalue weighted by atomic mass is 9.32. The van der Waals surface area contributed by atoms with Gasteiger partial charge in [0.25, 0.3) is 10.0 Å². The standard InChI is InChI=1S/C42H55NO7S2/c1-38-17-14-30(44)24-40(38)20-21-42(32(25-40)37(45)28-9-6-5-7-10-28)34(38)15-18-39(2)35(42)16-19-41(39,46)27-43(52(47,48)36-11-8-22-51-36)26-29-12-13-31(49-3)23-33(29)50-4/h8,11-13,20-23,25,28,30,34-35,44,46H,5-7,9-10,14-19,24,26-27H2,1-4H3/t30?,34-,35-,38-,39+,40+,41-,42-/m1/s1. The van der Waals surface area contributed by atoms with Gasteiger partial charge in [-0.15, -0.1) is 11.3 Å². The number of ether oxygens (including phenoxy) is 2. The zero-order valence-electron chi connectivity index (χ0n) is 31.1. The summed E-state index contributed by atoms with van der Waals surface area (Å²) in [4.78, 5) is 14.9. The molecule has 9 rings (SSSR count). The minimum absolute atomic E-state index is 0.0123. The normalized spacial score (nSPS) is 38.4. The predicted octanol–water partition coefficient (Wildman–Crippen LogP) is 7.70. The third kappa shape index (κ3) is 5.13. The number of ketones is 1. The van der Waals surface area contributed by atoms with Crippen LogP contribution in [0.5, 0.6) is 11.5 Å². The second kappa shape index (κ2) is 12.8. The molecule has 7 aliphatic rings. The summed E-state index contributed by atoms with van der Waals surface area (Å²) in [7, 11) is -0.847. The minimum atomic E-state index is -3.99. The molecule has 1 unspecified atom stereocenters. The van der Waals surface area contributed by atoms with Crippen molar-refractivity contribution < 1.29 is 32.9 Å². The van der Waals surface area contributed by atoms with E-state index in [9.17, 15) is 23.4 Å². The summed E-state index contributed by atoms with van der Waals surface area (Å²) < 4.78 is 41.8. The summed E-state index contributed by atoms with van der Waals surface area (Å²) in [5, 5.41) is 26.0. The molecule has 1 heterocycles. The van der Waals surface area contributed by atoms with Gasteiger partial charge in [-0.3, -0.25) is 4.79 Å². The van der Waals surface area contributed by atoms with Crippen LogP contribution in [0.3, 0.4) is 0 Å². The quantitative estimate of drug-likeness (QED) is 0.240. The SMILES string of the molecule is COc1ccc(CN(C[C@]2(O)CC[C@H]3[C@]45C=C[C@@]6(C=C4C(=O)C4CCCCC4)CC(O)CC[C@]6(C)[C@H]5CC[C@@]32C)S(=O)(=O)c2cccs2)c(OC)c1. The van der Waals surface area contributed by atoms with Crippen LogP contribution in [-0.2, 0) is 21.4 Å². The van der Waals surface area contributed by atoms with Crippen molar-refractivity contribution in [1.29, 1.82) is 0 Å². The number of rotatable bonds is 10. The van der Waals surface area contributed by atoms with Gasteiger partial charge in [0.15, 0.2) is 5.78 Å². The maximum absolute atomic E-state index is 14.9. The molecular formula is C42H55NO7S2. The van der Waals surface area contributed by atoms with Gasteiger partial charge in [0.05, 0.1) is 25.9 Å². The first-order chi connectivity index (χ1) is 24.8. The van der Waals surface area contributed by atoms with Crippen LogP contribution in [0, 0.1) is 39.4 Å². The zero-order valence-corrected chi connectivity index (χ0v) is 32.7. The Labute approximate surface area is 313 Å². The number of allylic oxidation sites excluding steroid dienone is 4. The van der Waals surface area contributed by atoms with Crippen molar-refractivity contribution in [3.8, 4) is 11.5 Å². The molecule has 282 valence electrons. The van der Waals surface area contributed by atoms with Gasteiger partial charge in [-0.05, 0) is 92.6 Å². The van der Waals surface area contributed by atoms with E-state index in [4.69, 9.17) is 9.47 Å². The molecule has 52 heavy (non-hydrogen) atoms. The van der Waals surface area contributed by atoms with Crippen LogP contribution in [0.4, 0.5) is 0 Å². The average molecular weight is 750 g/mol. The number of aliphatic hydroxyl groups excluding tert-OH is 1. The highest BCUT2D eigenvalue weighted by molar-refractivity contribution is 7.91. The van der Waals surface area contributed by atoms with Crippen molar-refractivity contribution in [2.75, 3.05) is 20.8 Å². The van der Waals surface area contributed by atoms with E-state index in [2.05, 4.69) is 32.1 Å². The van der Waals surface area contributed by atoms with Gasteiger partial charge in [0.2, 0.25) is 0 Å². The summed E-state index contributed by atoms with van der Waals surface area (Å²) >= 11 is 1.18. The zero-order chi connectivity index (χ0) is 36.7. The fraction of sp³-hybridized carbons (Fsp3) is 0.643. The highest BCUT2D eigenvalue weighted by Gasteiger charge is 2.74. The van der Waals surface area contributed by atoms with Crippen LogP contribution < -0.4 is 9.47 Å². The summed E-state index contributed by atoms with van der Waals surface area (Å²) in [6.45, 7) is 4.54. The van der Waals surface area contributed by atoms with Crippen molar-refractivity contribution in [1.82, 2.24) is 4.31 Å². The topological polar surface area (TPSA) is 113 Å². The Kier molecular flexibility index (Phi) is 8.97. The first-order valence-corrected chi connectivity index (χ1v) is 21.7. The number of nitrogens with zero attached hydrogens (tertiary/aromatic N) is 1. The molecule has 4 fully saturated rings. The Balaban J connectivity index is 1.21. The van der Waals surface area contributed by atoms with Crippen LogP contribution >= 0.6 is 11.3 Å². The smallest absolute Gasteiger partial charge is 0.252 e. The van der Waals surface area contributed by atoms with Gasteiger partial charge in [-0.2, -0.15) is 4.31 Å². The number of Topliss-reactive ketones (excluding diaryl/α,β-unsaturated/α-hetero) is 1. The predicted molar refractivity (Wildman–Crippen MR) is 202 cm³/mol. The molecule has 10 heteroatoms. The minimum Gasteiger partial charge on any atom is -0.497 e. The number of fused-ring (bicyclic) bond motifs is 1. The molecule has 8 atom stereocenters. The summed E-state index contributed by atoms with van der Waals surface area (Å²) in [6.07, 6.45) is 16.8. The Morgan fingerprint density at radius 1 is 0.942 bits per heavy atom. The molecule has 2 spiro atoms. The lowest BCUT2D eigenvalue weighted by molar-refractivity contribution is -0.177. The number of methoxy groups -OCH3 is 2. The highest BCUT2D eigenvalue weighted by atomic mass is 32.2. The molecule has 1 aromatic heterocycles. The molecule has 2 bridgehead atoms. The van der Waals surface area contributed by atoms with Crippen LogP contribution in [0.25, 0.3) is 0 Å². The van der Waals surface area contributed by atoms with Crippen LogP contribution in [0.1, 0.15) is 96.5 Å². The van der Waals surface area contributed by atoms with Gasteiger partial charge >= 0.3 is 0 Å². The fourth-order valence-corrected chi connectivity index (χ4v) is 15.0. The number of carbonyl (C=O) groups is 1. The molecule has 1 aromatic carbocycles. The van der Waals surface area contributed by atoms with Crippen molar-refractivity contribution in [3.05, 3.63) is 65.1 Å². The molecule has 0 amide bonds. The van der Waals surface area contributed by atoms with Crippen molar-refractivity contribution in [2.45, 2.75) is 113 Å². The van der Waals surface area contributed by atoms with E-state index >= 15 is 0 Å². The molecule has 2 N–H and O–H groups in total. The molecule has 0 radical (unpaired) electrons. The van der Waals surface area contributed by atoms with Crippen LogP contribution in [0.15, 0.2) is 63.7 Å². The number of hydrogen-bond acceptors (Lipinski definition) is 8. The van der Waals surface area contributed by atoms with Crippen molar-refractivity contribution in [2.24, 2.45) is 39.4 Å². The first-order valence-electron chi connectivity index (χ1n) is 19.4. The van der Waals surface area contributed by atoms with E-state index in [1.54, 1.807) is 43.9 Å². The molecule has 0 aliphatic heterocycles. The number of carbonyl (C=O) groups excluding carboxylic acids is 1. The Hall–Kier alpha value is -2.50. The maximum Gasteiger partial charge on any atom is 0.252 e. The molecule has 8 nitrogen and oxygen atoms in total. The van der Waals surface area contributed by atoms with E-state index in [0.29, 0.717) is 36.3 Å². The fourth-order valence-electron chi connectivity index (χ4n) is 12.4. The summed E-state index contributed by atoms with van der Waals surface area (Å²) in [5.41, 5.74) is -1.39. The Bertz CT molecular complexity index is 1880. The van der Waals surface area contributed by atoms with Gasteiger partial charge < -0.3 is 19.7 Å². The second-order valence-corrected chi connectivity index (χ2v) is 20.5. The molecule has 4 saturated carbocycles. The lowest BCUT2D eigenvalue weighted by Crippen LogP contribution is -2.67. The van der Waals surface area contributed by atoms with Crippen LogP contribution in [-0.4, -0.2) is 61.2 Å². The lowest BCUT2D eigenvalue weighted by Gasteiger charge is -2.71. The van der Waals surface area contributed by atoms with Crippen LogP contribution in [0.2, 0.25) is 0 Å². The summed E-state index contributed by atoms with van der Waals surface area (Å²) in [5.74, 6) is 1.59. The number of thiophene rings is 1. The highest BCUT2D eigenvalue weighted by Crippen LogP contribution is 2.78. The number of benzene rings is 1. The van der Waals surface area contributed by atoms with E-state index in [1.807, 2.05) is 6.07 Å². The number of hydrogen-bond donors (Lipinski definition) is 2. The first kappa shape index (κ1) is 36.5. The molecule has 7 aliphatic carbocycles. The molecular weight excluding hydrogens is 695 g/mol. The second-order valence-electron chi connectivity index (χ2n) is 17.4. The van der Waals surface area contributed by atoms with E-state index in [0.717, 1.165) is 56.9 Å². The largest absolute Gasteiger partial charge is 0.497 e. The average Bonchev–Trinajstić information content (AvgIpc) is 3.79. The third-order valence-corrected chi connectivity index (χ3v) is 18.5. The van der Waals surface area contributed by atoms with Gasteiger partial charge in [-0.1, -0.05) is 63.5 Å².